The van der Waals surface area contributed by atoms with Crippen molar-refractivity contribution in [3.63, 3.8) is 0 Å². The maximum atomic E-state index is 14.1. The van der Waals surface area contributed by atoms with Crippen LogP contribution < -0.4 is 0 Å². The number of aromatic nitrogens is 2. The molecule has 0 spiro atoms. The molecule has 2 aliphatic carbocycles. The molecule has 4 atom stereocenters. The second kappa shape index (κ2) is 8.45. The van der Waals surface area contributed by atoms with E-state index >= 15 is 0 Å². The Kier molecular flexibility index (Phi) is 6.03. The molecule has 1 heterocycles. The molecule has 0 aliphatic heterocycles. The quantitative estimate of drug-likeness (QED) is 0.467. The van der Waals surface area contributed by atoms with Gasteiger partial charge in [0, 0.05) is 17.8 Å². The van der Waals surface area contributed by atoms with Crippen molar-refractivity contribution in [2.75, 3.05) is 0 Å². The summed E-state index contributed by atoms with van der Waals surface area (Å²) in [5.41, 5.74) is -2.95. The van der Waals surface area contributed by atoms with Crippen molar-refractivity contribution in [3.05, 3.63) is 30.0 Å². The lowest BCUT2D eigenvalue weighted by atomic mass is 9.63. The highest BCUT2D eigenvalue weighted by Crippen LogP contribution is 2.48. The van der Waals surface area contributed by atoms with Crippen LogP contribution in [0.1, 0.15) is 57.2 Å². The maximum absolute atomic E-state index is 14.1. The molecule has 0 saturated heterocycles. The molecule has 0 bridgehead atoms. The van der Waals surface area contributed by atoms with E-state index in [2.05, 4.69) is 15.0 Å². The lowest BCUT2D eigenvalue weighted by molar-refractivity contribution is -0.236. The van der Waals surface area contributed by atoms with Gasteiger partial charge >= 0.3 is 6.18 Å². The zero-order valence-electron chi connectivity index (χ0n) is 17.5. The Labute approximate surface area is 178 Å². The molecule has 1 aromatic heterocycles. The minimum atomic E-state index is -4.86. The topological polar surface area (TPSA) is 58.4 Å². The van der Waals surface area contributed by atoms with E-state index in [1.54, 1.807) is 6.92 Å². The van der Waals surface area contributed by atoms with Crippen LogP contribution in [0.15, 0.2) is 23.3 Å². The highest BCUT2D eigenvalue weighted by atomic mass is 19.4. The van der Waals surface area contributed by atoms with Gasteiger partial charge < -0.3 is 5.11 Å². The fourth-order valence-corrected chi connectivity index (χ4v) is 5.42. The van der Waals surface area contributed by atoms with Crippen LogP contribution in [-0.2, 0) is 0 Å². The normalized spacial score (nSPS) is 26.7. The van der Waals surface area contributed by atoms with Crippen molar-refractivity contribution < 1.29 is 22.7 Å². The first-order chi connectivity index (χ1) is 14.7. The predicted octanol–water partition coefficient (Wildman–Crippen LogP) is 6.07. The van der Waals surface area contributed by atoms with Gasteiger partial charge in [-0.2, -0.15) is 13.2 Å². The molecule has 31 heavy (non-hydrogen) atoms. The van der Waals surface area contributed by atoms with Crippen molar-refractivity contribution in [2.45, 2.75) is 70.1 Å². The van der Waals surface area contributed by atoms with Crippen molar-refractivity contribution >= 4 is 22.8 Å². The third-order valence-corrected chi connectivity index (χ3v) is 7.00. The average molecular weight is 437 g/mol. The summed E-state index contributed by atoms with van der Waals surface area (Å²) in [6, 6.07) is 2.39. The number of hydrogen-bond acceptors (Lipinski definition) is 4. The smallest absolute Gasteiger partial charge is 0.376 e. The Morgan fingerprint density at radius 3 is 2.65 bits per heavy atom. The van der Waals surface area contributed by atoms with Crippen molar-refractivity contribution in [2.24, 2.45) is 22.7 Å². The van der Waals surface area contributed by atoms with Crippen molar-refractivity contribution in [1.29, 1.82) is 0 Å². The second-order valence-corrected chi connectivity index (χ2v) is 9.03. The van der Waals surface area contributed by atoms with Crippen LogP contribution in [0.25, 0.3) is 10.9 Å². The minimum Gasteiger partial charge on any atom is -0.376 e. The molecule has 2 aliphatic rings. The number of aryl methyl sites for hydroxylation is 1. The minimum absolute atomic E-state index is 0.00461. The van der Waals surface area contributed by atoms with Gasteiger partial charge in [-0.3, -0.25) is 4.99 Å². The summed E-state index contributed by atoms with van der Waals surface area (Å²) in [4.78, 5) is 12.0. The van der Waals surface area contributed by atoms with E-state index in [9.17, 15) is 22.7 Å². The number of nitrogens with zero attached hydrogens (tertiary/aromatic N) is 3. The zero-order valence-corrected chi connectivity index (χ0v) is 17.5. The first-order valence-electron chi connectivity index (χ1n) is 10.9. The summed E-state index contributed by atoms with van der Waals surface area (Å²) in [6.07, 6.45) is 3.52. The van der Waals surface area contributed by atoms with Gasteiger partial charge in [0.2, 0.25) is 0 Å². The molecule has 1 N–H and O–H groups in total. The highest BCUT2D eigenvalue weighted by molar-refractivity contribution is 5.91. The lowest BCUT2D eigenvalue weighted by Crippen LogP contribution is -2.50. The van der Waals surface area contributed by atoms with Gasteiger partial charge in [0.25, 0.3) is 0 Å². The third kappa shape index (κ3) is 4.45. The first kappa shape index (κ1) is 22.1. The molecule has 1 aromatic carbocycles. The van der Waals surface area contributed by atoms with Crippen LogP contribution in [0.2, 0.25) is 0 Å². The number of rotatable bonds is 4. The van der Waals surface area contributed by atoms with Crippen LogP contribution in [-0.4, -0.2) is 33.1 Å². The molecular formula is C23H27F4N3O. The second-order valence-electron chi connectivity index (χ2n) is 9.03. The third-order valence-electron chi connectivity index (χ3n) is 7.00. The fourth-order valence-electron chi connectivity index (χ4n) is 5.42. The summed E-state index contributed by atoms with van der Waals surface area (Å²) in [5, 5.41) is 10.9. The molecule has 2 fully saturated rings. The van der Waals surface area contributed by atoms with Crippen molar-refractivity contribution in [1.82, 2.24) is 9.97 Å². The molecule has 8 heteroatoms. The summed E-state index contributed by atoms with van der Waals surface area (Å²) < 4.78 is 56.1. The number of hydrogen-bond donors (Lipinski definition) is 1. The van der Waals surface area contributed by atoms with Gasteiger partial charge in [0.1, 0.15) is 17.2 Å². The predicted molar refractivity (Wildman–Crippen MR) is 111 cm³/mol. The average Bonchev–Trinajstić information content (AvgIpc) is 2.73. The van der Waals surface area contributed by atoms with Gasteiger partial charge in [-0.15, -0.1) is 0 Å². The number of fused-ring (bicyclic) bond motifs is 2. The Hall–Kier alpha value is -2.09. The SMILES string of the molecule is Cc1ncc2c(N=CC(O)(CC3CCCC4CCCCC43)C(F)(F)F)ccc(F)c2n1. The number of halogens is 4. The largest absolute Gasteiger partial charge is 0.422 e. The molecule has 0 radical (unpaired) electrons. The fraction of sp³-hybridized carbons (Fsp3) is 0.609. The number of aliphatic hydroxyl groups is 1. The summed E-state index contributed by atoms with van der Waals surface area (Å²) >= 11 is 0. The van der Waals surface area contributed by atoms with Gasteiger partial charge in [0.15, 0.2) is 5.60 Å². The zero-order chi connectivity index (χ0) is 22.2. The Bertz CT molecular complexity index is 975. The Morgan fingerprint density at radius 2 is 1.87 bits per heavy atom. The maximum Gasteiger partial charge on any atom is 0.422 e. The Balaban J connectivity index is 1.65. The first-order valence-corrected chi connectivity index (χ1v) is 10.9. The van der Waals surface area contributed by atoms with Crippen LogP contribution in [0.3, 0.4) is 0 Å². The van der Waals surface area contributed by atoms with Gasteiger partial charge in [-0.1, -0.05) is 38.5 Å². The van der Waals surface area contributed by atoms with Crippen molar-refractivity contribution in [3.8, 4) is 0 Å². The lowest BCUT2D eigenvalue weighted by Gasteiger charge is -2.44. The van der Waals surface area contributed by atoms with E-state index < -0.39 is 24.0 Å². The number of alkyl halides is 3. The molecule has 4 nitrogen and oxygen atoms in total. The van der Waals surface area contributed by atoms with Gasteiger partial charge in [-0.25, -0.2) is 14.4 Å². The molecule has 4 rings (SSSR count). The van der Waals surface area contributed by atoms with E-state index in [4.69, 9.17) is 0 Å². The van der Waals surface area contributed by atoms with E-state index in [0.717, 1.165) is 44.6 Å². The highest BCUT2D eigenvalue weighted by Gasteiger charge is 2.55. The molecule has 4 unspecified atom stereocenters. The van der Waals surface area contributed by atoms with Crippen LogP contribution in [0.4, 0.5) is 23.2 Å². The molecule has 2 aromatic rings. The summed E-state index contributed by atoms with van der Waals surface area (Å²) in [5.74, 6) is 0.249. The monoisotopic (exact) mass is 437 g/mol. The van der Waals surface area contributed by atoms with E-state index in [1.807, 2.05) is 0 Å². The standard InChI is InChI=1S/C23H27F4N3O/c1-14-28-12-18-20(10-9-19(24)21(18)30-14)29-13-22(31,23(25,26)27)11-16-7-4-6-15-5-2-3-8-17(15)16/h9-10,12-13,15-17,31H,2-8,11H2,1H3. The van der Waals surface area contributed by atoms with E-state index in [-0.39, 0.29) is 28.4 Å². The van der Waals surface area contributed by atoms with E-state index in [1.165, 1.54) is 12.3 Å². The Morgan fingerprint density at radius 1 is 1.13 bits per heavy atom. The molecular weight excluding hydrogens is 410 g/mol. The number of aliphatic imine (C=N–C) groups is 1. The van der Waals surface area contributed by atoms with E-state index in [0.29, 0.717) is 24.4 Å². The summed E-state index contributed by atoms with van der Waals surface area (Å²) in [6.45, 7) is 1.60. The molecule has 2 saturated carbocycles. The van der Waals surface area contributed by atoms with Crippen LogP contribution in [0, 0.1) is 30.5 Å². The molecule has 168 valence electrons. The van der Waals surface area contributed by atoms with Gasteiger partial charge in [-0.05, 0) is 49.7 Å². The van der Waals surface area contributed by atoms with Crippen LogP contribution in [0.5, 0.6) is 0 Å². The summed E-state index contributed by atoms with van der Waals surface area (Å²) in [7, 11) is 0. The van der Waals surface area contributed by atoms with Crippen LogP contribution >= 0.6 is 0 Å². The van der Waals surface area contributed by atoms with Gasteiger partial charge in [0.05, 0.1) is 5.69 Å². The molecule has 0 amide bonds. The number of benzene rings is 1.